The Morgan fingerprint density at radius 3 is 2.53 bits per heavy atom. The maximum absolute atomic E-state index is 11.0. The monoisotopic (exact) mass is 218 g/mol. The summed E-state index contributed by atoms with van der Waals surface area (Å²) in [6.07, 6.45) is 0.963. The summed E-state index contributed by atoms with van der Waals surface area (Å²) in [6.45, 7) is 1.06. The molecule has 6 nitrogen and oxygen atoms in total. The molecular formula is C9H18N2O4. The van der Waals surface area contributed by atoms with Gasteiger partial charge in [-0.2, -0.15) is 0 Å². The van der Waals surface area contributed by atoms with Crippen molar-refractivity contribution in [2.24, 2.45) is 0 Å². The SMILES string of the molecule is CN(CCO)CCCC(=O)NCC(=O)O. The van der Waals surface area contributed by atoms with Crippen LogP contribution in [-0.2, 0) is 9.59 Å². The average Bonchev–Trinajstić information content (AvgIpc) is 2.15. The molecule has 0 aromatic rings. The highest BCUT2D eigenvalue weighted by molar-refractivity contribution is 5.80. The molecule has 15 heavy (non-hydrogen) atoms. The summed E-state index contributed by atoms with van der Waals surface area (Å²) in [5, 5.41) is 19.2. The number of nitrogens with zero attached hydrogens (tertiary/aromatic N) is 1. The molecule has 0 radical (unpaired) electrons. The highest BCUT2D eigenvalue weighted by Crippen LogP contribution is 1.92. The third-order valence-electron chi connectivity index (χ3n) is 1.86. The second-order valence-electron chi connectivity index (χ2n) is 3.30. The molecule has 0 aromatic heterocycles. The van der Waals surface area contributed by atoms with E-state index in [4.69, 9.17) is 10.2 Å². The standard InChI is InChI=1S/C9H18N2O4/c1-11(5-6-12)4-2-3-8(13)10-7-9(14)15/h12H,2-7H2,1H3,(H,10,13)(H,14,15). The highest BCUT2D eigenvalue weighted by atomic mass is 16.4. The lowest BCUT2D eigenvalue weighted by atomic mass is 10.3. The van der Waals surface area contributed by atoms with Crippen LogP contribution in [0.4, 0.5) is 0 Å². The molecule has 0 saturated carbocycles. The van der Waals surface area contributed by atoms with Crippen molar-refractivity contribution >= 4 is 11.9 Å². The van der Waals surface area contributed by atoms with Gasteiger partial charge in [0.05, 0.1) is 6.61 Å². The van der Waals surface area contributed by atoms with Crippen LogP contribution in [0.15, 0.2) is 0 Å². The maximum atomic E-state index is 11.0. The Balaban J connectivity index is 3.42. The number of carboxylic acids is 1. The molecule has 0 heterocycles. The van der Waals surface area contributed by atoms with E-state index in [2.05, 4.69) is 5.32 Å². The number of nitrogens with one attached hydrogen (secondary N) is 1. The van der Waals surface area contributed by atoms with Crippen molar-refractivity contribution in [2.75, 3.05) is 33.3 Å². The number of aliphatic carboxylic acids is 1. The fourth-order valence-corrected chi connectivity index (χ4v) is 1.05. The molecule has 3 N–H and O–H groups in total. The summed E-state index contributed by atoms with van der Waals surface area (Å²) in [5.74, 6) is -1.30. The second kappa shape index (κ2) is 8.19. The minimum atomic E-state index is -1.04. The first-order chi connectivity index (χ1) is 7.06. The van der Waals surface area contributed by atoms with E-state index < -0.39 is 5.97 Å². The smallest absolute Gasteiger partial charge is 0.322 e. The molecule has 0 aliphatic rings. The number of likely N-dealkylation sites (N-methyl/N-ethyl adjacent to an activating group) is 1. The quantitative estimate of drug-likeness (QED) is 0.481. The summed E-state index contributed by atoms with van der Waals surface area (Å²) in [7, 11) is 1.85. The lowest BCUT2D eigenvalue weighted by Gasteiger charge is -2.14. The molecule has 0 spiro atoms. The van der Waals surface area contributed by atoms with Crippen LogP contribution in [0.3, 0.4) is 0 Å². The van der Waals surface area contributed by atoms with E-state index in [0.29, 0.717) is 25.9 Å². The average molecular weight is 218 g/mol. The van der Waals surface area contributed by atoms with Crippen LogP contribution in [0.2, 0.25) is 0 Å². The summed E-state index contributed by atoms with van der Waals surface area (Å²) in [4.78, 5) is 23.1. The number of carbonyl (C=O) groups is 2. The van der Waals surface area contributed by atoms with Crippen molar-refractivity contribution in [2.45, 2.75) is 12.8 Å². The van der Waals surface area contributed by atoms with E-state index in [9.17, 15) is 9.59 Å². The summed E-state index contributed by atoms with van der Waals surface area (Å²) >= 11 is 0. The molecule has 0 aromatic carbocycles. The molecule has 6 heteroatoms. The van der Waals surface area contributed by atoms with Crippen LogP contribution in [0.5, 0.6) is 0 Å². The van der Waals surface area contributed by atoms with Gasteiger partial charge in [0.25, 0.3) is 0 Å². The van der Waals surface area contributed by atoms with E-state index >= 15 is 0 Å². The number of aliphatic hydroxyl groups is 1. The first-order valence-electron chi connectivity index (χ1n) is 4.84. The fraction of sp³-hybridized carbons (Fsp3) is 0.778. The first kappa shape index (κ1) is 13.9. The highest BCUT2D eigenvalue weighted by Gasteiger charge is 2.04. The van der Waals surface area contributed by atoms with Crippen molar-refractivity contribution in [3.8, 4) is 0 Å². The molecule has 88 valence electrons. The number of rotatable bonds is 8. The molecule has 0 aliphatic heterocycles. The Labute approximate surface area is 88.9 Å². The van der Waals surface area contributed by atoms with E-state index in [0.717, 1.165) is 0 Å². The van der Waals surface area contributed by atoms with E-state index in [1.807, 2.05) is 11.9 Å². The minimum Gasteiger partial charge on any atom is -0.480 e. The Bertz CT molecular complexity index is 208. The lowest BCUT2D eigenvalue weighted by molar-refractivity contribution is -0.137. The predicted octanol–water partition coefficient (Wildman–Crippen LogP) is -1.11. The van der Waals surface area contributed by atoms with E-state index in [-0.39, 0.29) is 19.1 Å². The molecule has 0 aliphatic carbocycles. The van der Waals surface area contributed by atoms with E-state index in [1.165, 1.54) is 0 Å². The van der Waals surface area contributed by atoms with Crippen molar-refractivity contribution in [3.63, 3.8) is 0 Å². The van der Waals surface area contributed by atoms with Crippen LogP contribution < -0.4 is 5.32 Å². The molecule has 0 atom stereocenters. The zero-order valence-electron chi connectivity index (χ0n) is 8.90. The van der Waals surface area contributed by atoms with Gasteiger partial charge in [-0.25, -0.2) is 0 Å². The largest absolute Gasteiger partial charge is 0.480 e. The van der Waals surface area contributed by atoms with Gasteiger partial charge < -0.3 is 20.4 Å². The maximum Gasteiger partial charge on any atom is 0.322 e. The van der Waals surface area contributed by atoms with Gasteiger partial charge >= 0.3 is 5.97 Å². The Kier molecular flexibility index (Phi) is 7.57. The molecule has 0 rings (SSSR count). The van der Waals surface area contributed by atoms with Crippen molar-refractivity contribution in [1.82, 2.24) is 10.2 Å². The Morgan fingerprint density at radius 2 is 2.00 bits per heavy atom. The predicted molar refractivity (Wildman–Crippen MR) is 54.5 cm³/mol. The van der Waals surface area contributed by atoms with Crippen LogP contribution in [0.25, 0.3) is 0 Å². The van der Waals surface area contributed by atoms with Crippen LogP contribution in [0, 0.1) is 0 Å². The topological polar surface area (TPSA) is 89.9 Å². The van der Waals surface area contributed by atoms with Crippen molar-refractivity contribution < 1.29 is 19.8 Å². The second-order valence-corrected chi connectivity index (χ2v) is 3.30. The summed E-state index contributed by atoms with van der Waals surface area (Å²) < 4.78 is 0. The van der Waals surface area contributed by atoms with Gasteiger partial charge in [0.15, 0.2) is 0 Å². The van der Waals surface area contributed by atoms with Gasteiger partial charge in [-0.1, -0.05) is 0 Å². The molecule has 1 amide bonds. The zero-order chi connectivity index (χ0) is 11.7. The molecule has 0 fully saturated rings. The number of carbonyl (C=O) groups excluding carboxylic acids is 1. The van der Waals surface area contributed by atoms with Gasteiger partial charge in [-0.3, -0.25) is 9.59 Å². The van der Waals surface area contributed by atoms with Crippen LogP contribution >= 0.6 is 0 Å². The molecule has 0 saturated heterocycles. The van der Waals surface area contributed by atoms with Gasteiger partial charge in [0, 0.05) is 13.0 Å². The van der Waals surface area contributed by atoms with Gasteiger partial charge in [-0.05, 0) is 20.0 Å². The van der Waals surface area contributed by atoms with Gasteiger partial charge in [0.2, 0.25) is 5.91 Å². The van der Waals surface area contributed by atoms with Crippen molar-refractivity contribution in [3.05, 3.63) is 0 Å². The zero-order valence-corrected chi connectivity index (χ0v) is 8.90. The number of hydrogen-bond acceptors (Lipinski definition) is 4. The number of aliphatic hydroxyl groups excluding tert-OH is 1. The minimum absolute atomic E-state index is 0.0989. The number of amides is 1. The third-order valence-corrected chi connectivity index (χ3v) is 1.86. The normalized spacial score (nSPS) is 10.3. The first-order valence-corrected chi connectivity index (χ1v) is 4.84. The summed E-state index contributed by atoms with van der Waals surface area (Å²) in [5.41, 5.74) is 0. The number of hydrogen-bond donors (Lipinski definition) is 3. The number of carboxylic acid groups (broad SMARTS) is 1. The fourth-order valence-electron chi connectivity index (χ4n) is 1.05. The van der Waals surface area contributed by atoms with Crippen LogP contribution in [-0.4, -0.2) is 60.3 Å². The Hall–Kier alpha value is -1.14. The lowest BCUT2D eigenvalue weighted by Crippen LogP contribution is -2.30. The summed E-state index contributed by atoms with van der Waals surface area (Å²) in [6, 6.07) is 0. The van der Waals surface area contributed by atoms with E-state index in [1.54, 1.807) is 0 Å². The Morgan fingerprint density at radius 1 is 1.33 bits per heavy atom. The van der Waals surface area contributed by atoms with Gasteiger partial charge in [0.1, 0.15) is 6.54 Å². The third kappa shape index (κ3) is 9.17. The molecular weight excluding hydrogens is 200 g/mol. The molecule has 0 bridgehead atoms. The molecule has 0 unspecified atom stereocenters. The van der Waals surface area contributed by atoms with Crippen LogP contribution in [0.1, 0.15) is 12.8 Å². The van der Waals surface area contributed by atoms with Crippen molar-refractivity contribution in [1.29, 1.82) is 0 Å². The van der Waals surface area contributed by atoms with Gasteiger partial charge in [-0.15, -0.1) is 0 Å².